The van der Waals surface area contributed by atoms with Crippen LogP contribution in [0.3, 0.4) is 0 Å². The Morgan fingerprint density at radius 1 is 0.838 bits per heavy atom. The molecule has 0 spiro atoms. The van der Waals surface area contributed by atoms with Crippen LogP contribution in [0.2, 0.25) is 0 Å². The van der Waals surface area contributed by atoms with E-state index in [1.54, 1.807) is 78.9 Å². The SMILES string of the molecule is O=C(OC[C@@H]1N(C(=O)OCc2ccccc2)C[C@@H](O)[C@@H](OCc2ccccc2)C1(F)F)c1ccccc1. The minimum atomic E-state index is -3.77. The first-order chi connectivity index (χ1) is 17.9. The second kappa shape index (κ2) is 11.9. The van der Waals surface area contributed by atoms with E-state index >= 15 is 8.78 Å². The van der Waals surface area contributed by atoms with Crippen molar-refractivity contribution in [3.05, 3.63) is 108 Å². The number of halogens is 2. The number of alkyl halides is 2. The van der Waals surface area contributed by atoms with E-state index in [-0.39, 0.29) is 18.8 Å². The van der Waals surface area contributed by atoms with Crippen molar-refractivity contribution < 1.29 is 37.7 Å². The largest absolute Gasteiger partial charge is 0.460 e. The van der Waals surface area contributed by atoms with Crippen LogP contribution in [0.4, 0.5) is 13.6 Å². The number of rotatable bonds is 8. The Bertz CT molecular complexity index is 1160. The van der Waals surface area contributed by atoms with Gasteiger partial charge in [-0.1, -0.05) is 78.9 Å². The average Bonchev–Trinajstić information content (AvgIpc) is 2.92. The molecule has 0 aromatic heterocycles. The van der Waals surface area contributed by atoms with Crippen LogP contribution in [0.1, 0.15) is 21.5 Å². The van der Waals surface area contributed by atoms with E-state index in [2.05, 4.69) is 0 Å². The number of amides is 1. The van der Waals surface area contributed by atoms with Crippen molar-refractivity contribution in [1.29, 1.82) is 0 Å². The highest BCUT2D eigenvalue weighted by molar-refractivity contribution is 5.89. The molecule has 9 heteroatoms. The number of piperidine rings is 1. The highest BCUT2D eigenvalue weighted by atomic mass is 19.3. The molecule has 0 radical (unpaired) electrons. The van der Waals surface area contributed by atoms with E-state index in [0.29, 0.717) is 16.0 Å². The Labute approximate surface area is 213 Å². The third-order valence-corrected chi connectivity index (χ3v) is 6.03. The zero-order chi connectivity index (χ0) is 26.3. The summed E-state index contributed by atoms with van der Waals surface area (Å²) in [5.41, 5.74) is 1.48. The maximum Gasteiger partial charge on any atom is 0.410 e. The molecular weight excluding hydrogens is 484 g/mol. The minimum absolute atomic E-state index is 0.150. The maximum absolute atomic E-state index is 15.8. The number of aliphatic hydroxyl groups excluding tert-OH is 1. The lowest BCUT2D eigenvalue weighted by Gasteiger charge is -2.46. The number of benzene rings is 3. The van der Waals surface area contributed by atoms with Gasteiger partial charge in [-0.05, 0) is 23.3 Å². The Morgan fingerprint density at radius 2 is 1.38 bits per heavy atom. The molecule has 1 amide bonds. The Balaban J connectivity index is 1.52. The first kappa shape index (κ1) is 26.2. The van der Waals surface area contributed by atoms with Gasteiger partial charge in [-0.2, -0.15) is 0 Å². The van der Waals surface area contributed by atoms with Crippen LogP contribution in [0.25, 0.3) is 0 Å². The number of hydrogen-bond donors (Lipinski definition) is 1. The lowest BCUT2D eigenvalue weighted by Crippen LogP contribution is -2.68. The lowest BCUT2D eigenvalue weighted by atomic mass is 9.93. The highest BCUT2D eigenvalue weighted by Crippen LogP contribution is 2.37. The number of nitrogens with zero attached hydrogens (tertiary/aromatic N) is 1. The first-order valence-electron chi connectivity index (χ1n) is 11.8. The number of likely N-dealkylation sites (tertiary alicyclic amines) is 1. The molecule has 1 N–H and O–H groups in total. The molecule has 1 saturated heterocycles. The molecule has 0 unspecified atom stereocenters. The third kappa shape index (κ3) is 6.49. The molecule has 3 atom stereocenters. The molecular formula is C28H27F2NO6. The van der Waals surface area contributed by atoms with E-state index in [0.717, 1.165) is 0 Å². The van der Waals surface area contributed by atoms with Gasteiger partial charge in [-0.25, -0.2) is 18.4 Å². The molecule has 7 nitrogen and oxygen atoms in total. The van der Waals surface area contributed by atoms with E-state index in [4.69, 9.17) is 14.2 Å². The normalized spacial score (nSPS) is 20.7. The number of esters is 1. The number of carbonyl (C=O) groups is 2. The van der Waals surface area contributed by atoms with Gasteiger partial charge in [-0.3, -0.25) is 4.90 Å². The summed E-state index contributed by atoms with van der Waals surface area (Å²) in [6, 6.07) is 23.4. The average molecular weight is 512 g/mol. The van der Waals surface area contributed by atoms with Crippen molar-refractivity contribution in [3.63, 3.8) is 0 Å². The molecule has 0 saturated carbocycles. The van der Waals surface area contributed by atoms with Gasteiger partial charge in [0.15, 0.2) is 6.10 Å². The topological polar surface area (TPSA) is 85.3 Å². The number of ether oxygens (including phenoxy) is 3. The summed E-state index contributed by atoms with van der Waals surface area (Å²) in [4.78, 5) is 26.1. The van der Waals surface area contributed by atoms with E-state index in [1.165, 1.54) is 12.1 Å². The number of aliphatic hydroxyl groups is 1. The Morgan fingerprint density at radius 3 is 1.97 bits per heavy atom. The van der Waals surface area contributed by atoms with Gasteiger partial charge in [0.25, 0.3) is 5.92 Å². The molecule has 3 aromatic carbocycles. The molecule has 1 heterocycles. The number of β-amino-alcohol motifs (C(OH)–C–C–N with tert-alkyl or cyclic N) is 1. The minimum Gasteiger partial charge on any atom is -0.460 e. The molecule has 0 bridgehead atoms. The number of hydrogen-bond acceptors (Lipinski definition) is 6. The summed E-state index contributed by atoms with van der Waals surface area (Å²) in [5.74, 6) is -4.59. The van der Waals surface area contributed by atoms with Crippen LogP contribution in [0.15, 0.2) is 91.0 Å². The summed E-state index contributed by atoms with van der Waals surface area (Å²) in [7, 11) is 0. The van der Waals surface area contributed by atoms with E-state index in [1.807, 2.05) is 0 Å². The molecule has 0 aliphatic carbocycles. The van der Waals surface area contributed by atoms with Gasteiger partial charge >= 0.3 is 12.1 Å². The third-order valence-electron chi connectivity index (χ3n) is 6.03. The summed E-state index contributed by atoms with van der Waals surface area (Å²) in [6.45, 7) is -1.63. The Kier molecular flexibility index (Phi) is 8.47. The summed E-state index contributed by atoms with van der Waals surface area (Å²) >= 11 is 0. The summed E-state index contributed by atoms with van der Waals surface area (Å²) in [5, 5.41) is 10.6. The predicted molar refractivity (Wildman–Crippen MR) is 130 cm³/mol. The molecule has 3 aromatic rings. The zero-order valence-electron chi connectivity index (χ0n) is 19.9. The molecule has 37 heavy (non-hydrogen) atoms. The summed E-state index contributed by atoms with van der Waals surface area (Å²) < 4.78 is 47.5. The van der Waals surface area contributed by atoms with Crippen molar-refractivity contribution >= 4 is 12.1 Å². The van der Waals surface area contributed by atoms with Crippen LogP contribution < -0.4 is 0 Å². The second-order valence-electron chi connectivity index (χ2n) is 8.63. The zero-order valence-corrected chi connectivity index (χ0v) is 19.9. The Hall–Kier alpha value is -3.82. The van der Waals surface area contributed by atoms with E-state index in [9.17, 15) is 14.7 Å². The van der Waals surface area contributed by atoms with Crippen LogP contribution in [-0.4, -0.2) is 59.4 Å². The van der Waals surface area contributed by atoms with E-state index < -0.39 is 49.4 Å². The van der Waals surface area contributed by atoms with Crippen LogP contribution >= 0.6 is 0 Å². The van der Waals surface area contributed by atoms with Crippen molar-refractivity contribution in [1.82, 2.24) is 4.90 Å². The molecule has 194 valence electrons. The van der Waals surface area contributed by atoms with Gasteiger partial charge < -0.3 is 19.3 Å². The second-order valence-corrected chi connectivity index (χ2v) is 8.63. The monoisotopic (exact) mass is 511 g/mol. The number of carbonyl (C=O) groups excluding carboxylic acids is 2. The van der Waals surface area contributed by atoms with Crippen molar-refractivity contribution in [2.24, 2.45) is 0 Å². The highest BCUT2D eigenvalue weighted by Gasteiger charge is 2.59. The summed E-state index contributed by atoms with van der Waals surface area (Å²) in [6.07, 6.45) is -4.71. The predicted octanol–water partition coefficient (Wildman–Crippen LogP) is 4.45. The van der Waals surface area contributed by atoms with Gasteiger partial charge in [0.2, 0.25) is 0 Å². The van der Waals surface area contributed by atoms with Crippen molar-refractivity contribution in [2.45, 2.75) is 37.4 Å². The fourth-order valence-electron chi connectivity index (χ4n) is 4.08. The van der Waals surface area contributed by atoms with Gasteiger partial charge in [0, 0.05) is 0 Å². The van der Waals surface area contributed by atoms with Crippen LogP contribution in [0, 0.1) is 0 Å². The van der Waals surface area contributed by atoms with Gasteiger partial charge in [0.1, 0.15) is 25.4 Å². The smallest absolute Gasteiger partial charge is 0.410 e. The fourth-order valence-corrected chi connectivity index (χ4v) is 4.08. The first-order valence-corrected chi connectivity index (χ1v) is 11.8. The molecule has 1 aliphatic rings. The molecule has 1 fully saturated rings. The quantitative estimate of drug-likeness (QED) is 0.450. The van der Waals surface area contributed by atoms with Crippen LogP contribution in [-0.2, 0) is 27.4 Å². The molecule has 4 rings (SSSR count). The van der Waals surface area contributed by atoms with Gasteiger partial charge in [0.05, 0.1) is 18.7 Å². The van der Waals surface area contributed by atoms with Crippen molar-refractivity contribution in [3.8, 4) is 0 Å². The lowest BCUT2D eigenvalue weighted by molar-refractivity contribution is -0.242. The van der Waals surface area contributed by atoms with Crippen LogP contribution in [0.5, 0.6) is 0 Å². The maximum atomic E-state index is 15.8. The van der Waals surface area contributed by atoms with Gasteiger partial charge in [-0.15, -0.1) is 0 Å². The standard InChI is InChI=1S/C28H27F2NO6/c29-28(30)24(19-36-26(33)22-14-8-3-9-15-22)31(27(34)37-18-21-12-6-2-7-13-21)16-23(32)25(28)35-17-20-10-4-1-5-11-20/h1-15,23-25,32H,16-19H2/t23-,24+,25-/m1/s1. The molecule has 1 aliphatic heterocycles. The van der Waals surface area contributed by atoms with Crippen molar-refractivity contribution in [2.75, 3.05) is 13.2 Å². The fraction of sp³-hybridized carbons (Fsp3) is 0.286.